The van der Waals surface area contributed by atoms with Gasteiger partial charge in [-0.1, -0.05) is 12.8 Å². The molecule has 1 rings (SSSR count). The van der Waals surface area contributed by atoms with Gasteiger partial charge in [0, 0.05) is 12.5 Å². The van der Waals surface area contributed by atoms with E-state index in [9.17, 15) is 14.7 Å². The van der Waals surface area contributed by atoms with E-state index in [-0.39, 0.29) is 36.9 Å². The topological polar surface area (TPSA) is 104 Å². The summed E-state index contributed by atoms with van der Waals surface area (Å²) in [6.07, 6.45) is 3.59. The fraction of sp³-hybridized carbons (Fsp3) is 0.818. The van der Waals surface area contributed by atoms with Crippen LogP contribution in [0.25, 0.3) is 0 Å². The minimum Gasteiger partial charge on any atom is -0.393 e. The monoisotopic (exact) mass is 243 g/mol. The van der Waals surface area contributed by atoms with Crippen molar-refractivity contribution in [3.05, 3.63) is 0 Å². The molecule has 0 aliphatic heterocycles. The Bertz CT molecular complexity index is 271. The Morgan fingerprint density at radius 1 is 1.18 bits per heavy atom. The van der Waals surface area contributed by atoms with Crippen LogP contribution in [0.4, 0.5) is 0 Å². The highest BCUT2D eigenvalue weighted by Crippen LogP contribution is 2.23. The van der Waals surface area contributed by atoms with E-state index in [0.29, 0.717) is 6.54 Å². The molecule has 0 saturated heterocycles. The van der Waals surface area contributed by atoms with Gasteiger partial charge in [0.2, 0.25) is 11.8 Å². The molecule has 1 aliphatic rings. The number of nitrogens with one attached hydrogen (secondary N) is 2. The summed E-state index contributed by atoms with van der Waals surface area (Å²) in [6, 6.07) is 0. The minimum absolute atomic E-state index is 0.0567. The molecule has 2 atom stereocenters. The van der Waals surface area contributed by atoms with Gasteiger partial charge in [-0.15, -0.1) is 0 Å². The smallest absolute Gasteiger partial charge is 0.239 e. The molecule has 0 aromatic carbocycles. The van der Waals surface area contributed by atoms with Crippen molar-refractivity contribution in [2.24, 2.45) is 11.7 Å². The SMILES string of the molecule is NCC(=O)NCC(=O)NCC1CCCCC1O. The first-order valence-electron chi connectivity index (χ1n) is 6.05. The van der Waals surface area contributed by atoms with Crippen LogP contribution in [0.1, 0.15) is 25.7 Å². The van der Waals surface area contributed by atoms with Crippen LogP contribution in [0, 0.1) is 5.92 Å². The molecule has 0 spiro atoms. The van der Waals surface area contributed by atoms with E-state index < -0.39 is 0 Å². The Labute approximate surface area is 101 Å². The van der Waals surface area contributed by atoms with Crippen LogP contribution in [0.15, 0.2) is 0 Å². The van der Waals surface area contributed by atoms with E-state index >= 15 is 0 Å². The summed E-state index contributed by atoms with van der Waals surface area (Å²) in [5.74, 6) is -0.458. The van der Waals surface area contributed by atoms with E-state index in [1.54, 1.807) is 0 Å². The zero-order valence-corrected chi connectivity index (χ0v) is 9.95. The van der Waals surface area contributed by atoms with Gasteiger partial charge in [0.25, 0.3) is 0 Å². The Balaban J connectivity index is 2.16. The molecule has 0 bridgehead atoms. The van der Waals surface area contributed by atoms with E-state index in [0.717, 1.165) is 25.7 Å². The van der Waals surface area contributed by atoms with Crippen LogP contribution >= 0.6 is 0 Å². The molecule has 0 aromatic heterocycles. The Kier molecular flexibility index (Phi) is 5.93. The number of carbonyl (C=O) groups excluding carboxylic acids is 2. The quantitative estimate of drug-likeness (QED) is 0.483. The van der Waals surface area contributed by atoms with Crippen molar-refractivity contribution in [2.75, 3.05) is 19.6 Å². The van der Waals surface area contributed by atoms with Crippen LogP contribution in [-0.4, -0.2) is 42.7 Å². The zero-order chi connectivity index (χ0) is 12.7. The lowest BCUT2D eigenvalue weighted by molar-refractivity contribution is -0.125. The second-order valence-electron chi connectivity index (χ2n) is 4.40. The van der Waals surface area contributed by atoms with Crippen molar-refractivity contribution in [1.29, 1.82) is 0 Å². The van der Waals surface area contributed by atoms with Crippen LogP contribution in [-0.2, 0) is 9.59 Å². The van der Waals surface area contributed by atoms with Crippen LogP contribution in [0.5, 0.6) is 0 Å². The van der Waals surface area contributed by atoms with Gasteiger partial charge in [-0.3, -0.25) is 9.59 Å². The molecule has 5 N–H and O–H groups in total. The summed E-state index contributed by atoms with van der Waals surface area (Å²) in [6.45, 7) is 0.298. The third kappa shape index (κ3) is 5.14. The lowest BCUT2D eigenvalue weighted by Crippen LogP contribution is -2.42. The number of aliphatic hydroxyl groups excluding tert-OH is 1. The number of nitrogens with two attached hydrogens (primary N) is 1. The number of hydrogen-bond acceptors (Lipinski definition) is 4. The molecule has 6 nitrogen and oxygen atoms in total. The summed E-state index contributed by atoms with van der Waals surface area (Å²) in [4.78, 5) is 22.2. The van der Waals surface area contributed by atoms with Gasteiger partial charge in [0.1, 0.15) is 0 Å². The molecule has 1 saturated carbocycles. The Morgan fingerprint density at radius 2 is 1.88 bits per heavy atom. The average molecular weight is 243 g/mol. The molecule has 0 radical (unpaired) electrons. The number of amides is 2. The van der Waals surface area contributed by atoms with E-state index in [1.807, 2.05) is 0 Å². The Morgan fingerprint density at radius 3 is 2.53 bits per heavy atom. The first kappa shape index (κ1) is 13.9. The summed E-state index contributed by atoms with van der Waals surface area (Å²) in [5, 5.41) is 14.8. The molecule has 98 valence electrons. The molecule has 2 amide bonds. The predicted octanol–water partition coefficient (Wildman–Crippen LogP) is -1.27. The molecule has 6 heteroatoms. The van der Waals surface area contributed by atoms with Crippen LogP contribution in [0.2, 0.25) is 0 Å². The lowest BCUT2D eigenvalue weighted by atomic mass is 9.86. The van der Waals surface area contributed by atoms with Gasteiger partial charge in [0.15, 0.2) is 0 Å². The predicted molar refractivity (Wildman–Crippen MR) is 63.0 cm³/mol. The fourth-order valence-corrected chi connectivity index (χ4v) is 1.98. The highest BCUT2D eigenvalue weighted by molar-refractivity contribution is 5.85. The largest absolute Gasteiger partial charge is 0.393 e. The number of aliphatic hydroxyl groups is 1. The van der Waals surface area contributed by atoms with Crippen molar-refractivity contribution >= 4 is 11.8 Å². The van der Waals surface area contributed by atoms with Gasteiger partial charge in [-0.05, 0) is 12.8 Å². The van der Waals surface area contributed by atoms with E-state index in [4.69, 9.17) is 5.73 Å². The summed E-state index contributed by atoms with van der Waals surface area (Å²) in [5.41, 5.74) is 5.09. The van der Waals surface area contributed by atoms with Crippen molar-refractivity contribution in [3.8, 4) is 0 Å². The summed E-state index contributed by atoms with van der Waals surface area (Å²) < 4.78 is 0. The molecule has 2 unspecified atom stereocenters. The van der Waals surface area contributed by atoms with E-state index in [2.05, 4.69) is 10.6 Å². The number of rotatable bonds is 5. The summed E-state index contributed by atoms with van der Waals surface area (Å²) >= 11 is 0. The standard InChI is InChI=1S/C11H21N3O3/c12-5-10(16)14-7-11(17)13-6-8-3-1-2-4-9(8)15/h8-9,15H,1-7,12H2,(H,13,17)(H,14,16). The Hall–Kier alpha value is -1.14. The maximum Gasteiger partial charge on any atom is 0.239 e. The van der Waals surface area contributed by atoms with Gasteiger partial charge in [-0.2, -0.15) is 0 Å². The van der Waals surface area contributed by atoms with Gasteiger partial charge >= 0.3 is 0 Å². The molecular formula is C11H21N3O3. The summed E-state index contributed by atoms with van der Waals surface area (Å²) in [7, 11) is 0. The van der Waals surface area contributed by atoms with Gasteiger partial charge in [0.05, 0.1) is 19.2 Å². The third-order valence-electron chi connectivity index (χ3n) is 3.06. The average Bonchev–Trinajstić information content (AvgIpc) is 2.35. The first-order chi connectivity index (χ1) is 8.13. The number of hydrogen-bond donors (Lipinski definition) is 4. The fourth-order valence-electron chi connectivity index (χ4n) is 1.98. The van der Waals surface area contributed by atoms with Crippen molar-refractivity contribution in [1.82, 2.24) is 10.6 Å². The first-order valence-corrected chi connectivity index (χ1v) is 6.05. The van der Waals surface area contributed by atoms with Crippen LogP contribution in [0.3, 0.4) is 0 Å². The van der Waals surface area contributed by atoms with Crippen molar-refractivity contribution in [2.45, 2.75) is 31.8 Å². The normalized spacial score (nSPS) is 24.1. The molecule has 0 aromatic rings. The second kappa shape index (κ2) is 7.24. The van der Waals surface area contributed by atoms with Crippen LogP contribution < -0.4 is 16.4 Å². The second-order valence-corrected chi connectivity index (χ2v) is 4.40. The number of carbonyl (C=O) groups is 2. The minimum atomic E-state index is -0.349. The zero-order valence-electron chi connectivity index (χ0n) is 9.95. The van der Waals surface area contributed by atoms with E-state index in [1.165, 1.54) is 0 Å². The van der Waals surface area contributed by atoms with Crippen molar-refractivity contribution < 1.29 is 14.7 Å². The molecule has 1 fully saturated rings. The highest BCUT2D eigenvalue weighted by Gasteiger charge is 2.23. The van der Waals surface area contributed by atoms with Gasteiger partial charge in [-0.25, -0.2) is 0 Å². The molecule has 1 aliphatic carbocycles. The van der Waals surface area contributed by atoms with Crippen molar-refractivity contribution in [3.63, 3.8) is 0 Å². The molecule has 0 heterocycles. The maximum atomic E-state index is 11.4. The molecule has 17 heavy (non-hydrogen) atoms. The van der Waals surface area contributed by atoms with Gasteiger partial charge < -0.3 is 21.5 Å². The molecular weight excluding hydrogens is 222 g/mol. The highest BCUT2D eigenvalue weighted by atomic mass is 16.3. The lowest BCUT2D eigenvalue weighted by Gasteiger charge is -2.27. The maximum absolute atomic E-state index is 11.4. The third-order valence-corrected chi connectivity index (χ3v) is 3.06.